The second kappa shape index (κ2) is 5.36. The molecule has 4 nitrogen and oxygen atoms in total. The number of aromatic nitrogens is 1. The summed E-state index contributed by atoms with van der Waals surface area (Å²) in [7, 11) is 1.58. The first-order valence-corrected chi connectivity index (χ1v) is 6.12. The molecule has 0 amide bonds. The van der Waals surface area contributed by atoms with Crippen LogP contribution in [0.2, 0.25) is 5.02 Å². The standard InChI is InChI=1S/C14H14ClNO3/c1-9-5-6-16(13(9)14(17)18)8-10-7-11(15)3-4-12(10)19-2/h3-7H,8H2,1-2H3,(H,17,18). The summed E-state index contributed by atoms with van der Waals surface area (Å²) in [5.41, 5.74) is 1.85. The lowest BCUT2D eigenvalue weighted by Gasteiger charge is -2.11. The van der Waals surface area contributed by atoms with Gasteiger partial charge in [-0.1, -0.05) is 11.6 Å². The molecular formula is C14H14ClNO3. The van der Waals surface area contributed by atoms with Crippen molar-refractivity contribution in [2.24, 2.45) is 0 Å². The van der Waals surface area contributed by atoms with Gasteiger partial charge < -0.3 is 14.4 Å². The number of ether oxygens (including phenoxy) is 1. The monoisotopic (exact) mass is 279 g/mol. The molecule has 0 saturated heterocycles. The van der Waals surface area contributed by atoms with E-state index < -0.39 is 5.97 Å². The smallest absolute Gasteiger partial charge is 0.352 e. The zero-order valence-corrected chi connectivity index (χ0v) is 11.4. The third-order valence-electron chi connectivity index (χ3n) is 2.95. The molecule has 0 saturated carbocycles. The van der Waals surface area contributed by atoms with E-state index in [1.54, 1.807) is 49.1 Å². The van der Waals surface area contributed by atoms with Crippen LogP contribution < -0.4 is 4.74 Å². The maximum Gasteiger partial charge on any atom is 0.352 e. The highest BCUT2D eigenvalue weighted by Crippen LogP contribution is 2.24. The van der Waals surface area contributed by atoms with Crippen molar-refractivity contribution in [3.05, 3.63) is 52.3 Å². The van der Waals surface area contributed by atoms with E-state index in [4.69, 9.17) is 16.3 Å². The van der Waals surface area contributed by atoms with Crippen LogP contribution in [-0.2, 0) is 6.54 Å². The minimum atomic E-state index is -0.941. The van der Waals surface area contributed by atoms with Gasteiger partial charge in [-0.25, -0.2) is 4.79 Å². The van der Waals surface area contributed by atoms with E-state index >= 15 is 0 Å². The van der Waals surface area contributed by atoms with Gasteiger partial charge in [0, 0.05) is 16.8 Å². The molecule has 0 aliphatic rings. The Morgan fingerprint density at radius 1 is 1.42 bits per heavy atom. The van der Waals surface area contributed by atoms with Crippen LogP contribution in [0.3, 0.4) is 0 Å². The summed E-state index contributed by atoms with van der Waals surface area (Å²) in [5, 5.41) is 9.81. The summed E-state index contributed by atoms with van der Waals surface area (Å²) in [6.45, 7) is 2.17. The number of rotatable bonds is 4. The second-order valence-corrected chi connectivity index (χ2v) is 4.67. The number of carboxylic acids is 1. The molecule has 0 unspecified atom stereocenters. The number of carbonyl (C=O) groups is 1. The molecule has 1 aromatic carbocycles. The SMILES string of the molecule is COc1ccc(Cl)cc1Cn1ccc(C)c1C(=O)O. The maximum absolute atomic E-state index is 11.2. The average molecular weight is 280 g/mol. The van der Waals surface area contributed by atoms with Gasteiger partial charge in [-0.2, -0.15) is 0 Å². The Kier molecular flexibility index (Phi) is 3.81. The number of carboxylic acid groups (broad SMARTS) is 1. The lowest BCUT2D eigenvalue weighted by atomic mass is 10.2. The predicted molar refractivity (Wildman–Crippen MR) is 73.2 cm³/mol. The Bertz CT molecular complexity index is 619. The molecule has 5 heteroatoms. The Morgan fingerprint density at radius 3 is 2.79 bits per heavy atom. The number of methoxy groups -OCH3 is 1. The van der Waals surface area contributed by atoms with Gasteiger partial charge in [0.1, 0.15) is 11.4 Å². The van der Waals surface area contributed by atoms with Gasteiger partial charge >= 0.3 is 5.97 Å². The van der Waals surface area contributed by atoms with Crippen LogP contribution in [0, 0.1) is 6.92 Å². The summed E-state index contributed by atoms with van der Waals surface area (Å²) < 4.78 is 6.93. The van der Waals surface area contributed by atoms with Crippen molar-refractivity contribution in [2.45, 2.75) is 13.5 Å². The number of nitrogens with zero attached hydrogens (tertiary/aromatic N) is 1. The lowest BCUT2D eigenvalue weighted by molar-refractivity contribution is 0.0685. The highest BCUT2D eigenvalue weighted by Gasteiger charge is 2.14. The van der Waals surface area contributed by atoms with Crippen molar-refractivity contribution in [1.29, 1.82) is 0 Å². The van der Waals surface area contributed by atoms with Gasteiger partial charge in [-0.05, 0) is 36.8 Å². The molecule has 0 atom stereocenters. The molecule has 0 fully saturated rings. The Morgan fingerprint density at radius 2 is 2.16 bits per heavy atom. The van der Waals surface area contributed by atoms with Crippen molar-refractivity contribution >= 4 is 17.6 Å². The molecule has 2 rings (SSSR count). The summed E-state index contributed by atoms with van der Waals surface area (Å²) in [6, 6.07) is 7.07. The topological polar surface area (TPSA) is 51.5 Å². The molecule has 0 spiro atoms. The minimum Gasteiger partial charge on any atom is -0.496 e. The fraction of sp³-hybridized carbons (Fsp3) is 0.214. The van der Waals surface area contributed by atoms with Gasteiger partial charge in [-0.3, -0.25) is 0 Å². The first-order valence-electron chi connectivity index (χ1n) is 5.74. The van der Waals surface area contributed by atoms with E-state index in [-0.39, 0.29) is 5.69 Å². The summed E-state index contributed by atoms with van der Waals surface area (Å²) >= 11 is 5.97. The molecule has 19 heavy (non-hydrogen) atoms. The number of aryl methyl sites for hydroxylation is 1. The summed E-state index contributed by atoms with van der Waals surface area (Å²) in [5.74, 6) is -0.254. The predicted octanol–water partition coefficient (Wildman–Crippen LogP) is 3.21. The maximum atomic E-state index is 11.2. The molecule has 1 heterocycles. The number of benzene rings is 1. The highest BCUT2D eigenvalue weighted by atomic mass is 35.5. The normalized spacial score (nSPS) is 10.5. The van der Waals surface area contributed by atoms with Crippen molar-refractivity contribution in [3.8, 4) is 5.75 Å². The van der Waals surface area contributed by atoms with Crippen LogP contribution in [0.25, 0.3) is 0 Å². The van der Waals surface area contributed by atoms with Gasteiger partial charge in [0.25, 0.3) is 0 Å². The minimum absolute atomic E-state index is 0.280. The van der Waals surface area contributed by atoms with Crippen molar-refractivity contribution in [3.63, 3.8) is 0 Å². The van der Waals surface area contributed by atoms with Crippen LogP contribution in [0.4, 0.5) is 0 Å². The van der Waals surface area contributed by atoms with Crippen LogP contribution in [0.15, 0.2) is 30.5 Å². The molecule has 0 aliphatic heterocycles. The van der Waals surface area contributed by atoms with Gasteiger partial charge in [0.15, 0.2) is 0 Å². The van der Waals surface area contributed by atoms with Crippen LogP contribution >= 0.6 is 11.6 Å². The summed E-state index contributed by atoms with van der Waals surface area (Å²) in [6.07, 6.45) is 1.75. The molecule has 0 bridgehead atoms. The fourth-order valence-corrected chi connectivity index (χ4v) is 2.25. The fourth-order valence-electron chi connectivity index (χ4n) is 2.06. The Hall–Kier alpha value is -1.94. The number of hydrogen-bond acceptors (Lipinski definition) is 2. The zero-order valence-electron chi connectivity index (χ0n) is 10.7. The van der Waals surface area contributed by atoms with Gasteiger partial charge in [0.05, 0.1) is 13.7 Å². The van der Waals surface area contributed by atoms with Crippen LogP contribution in [0.1, 0.15) is 21.6 Å². The lowest BCUT2D eigenvalue weighted by Crippen LogP contribution is -2.10. The molecule has 0 radical (unpaired) electrons. The van der Waals surface area contributed by atoms with E-state index in [1.807, 2.05) is 0 Å². The molecule has 1 aromatic heterocycles. The third kappa shape index (κ3) is 2.74. The van der Waals surface area contributed by atoms with Crippen molar-refractivity contribution in [1.82, 2.24) is 4.57 Å². The van der Waals surface area contributed by atoms with E-state index in [0.29, 0.717) is 17.3 Å². The second-order valence-electron chi connectivity index (χ2n) is 4.24. The molecule has 100 valence electrons. The molecular weight excluding hydrogens is 266 g/mol. The van der Waals surface area contributed by atoms with Crippen LogP contribution in [-0.4, -0.2) is 22.8 Å². The zero-order chi connectivity index (χ0) is 14.0. The number of aromatic carboxylic acids is 1. The number of halogens is 1. The Balaban J connectivity index is 2.41. The first kappa shape index (κ1) is 13.5. The van der Waals surface area contributed by atoms with E-state index in [0.717, 1.165) is 11.1 Å². The van der Waals surface area contributed by atoms with E-state index in [2.05, 4.69) is 0 Å². The van der Waals surface area contributed by atoms with Gasteiger partial charge in [-0.15, -0.1) is 0 Å². The van der Waals surface area contributed by atoms with Gasteiger partial charge in [0.2, 0.25) is 0 Å². The van der Waals surface area contributed by atoms with Crippen LogP contribution in [0.5, 0.6) is 5.75 Å². The van der Waals surface area contributed by atoms with Crippen molar-refractivity contribution in [2.75, 3.05) is 7.11 Å². The van der Waals surface area contributed by atoms with Crippen molar-refractivity contribution < 1.29 is 14.6 Å². The highest BCUT2D eigenvalue weighted by molar-refractivity contribution is 6.30. The Labute approximate surface area is 116 Å². The van der Waals surface area contributed by atoms with E-state index in [1.165, 1.54) is 0 Å². The number of hydrogen-bond donors (Lipinski definition) is 1. The quantitative estimate of drug-likeness (QED) is 0.935. The average Bonchev–Trinajstić information content (AvgIpc) is 2.71. The van der Waals surface area contributed by atoms with E-state index in [9.17, 15) is 9.90 Å². The molecule has 0 aliphatic carbocycles. The first-order chi connectivity index (χ1) is 9.02. The summed E-state index contributed by atoms with van der Waals surface area (Å²) in [4.78, 5) is 11.2. The largest absolute Gasteiger partial charge is 0.496 e. The third-order valence-corrected chi connectivity index (χ3v) is 3.19. The molecule has 2 aromatic rings. The molecule has 1 N–H and O–H groups in total.